The zero-order valence-electron chi connectivity index (χ0n) is 19.7. The van der Waals surface area contributed by atoms with Gasteiger partial charge < -0.3 is 14.9 Å². The molecule has 2 aliphatic heterocycles. The van der Waals surface area contributed by atoms with Crippen LogP contribution >= 0.6 is 0 Å². The molecular formula is C25H48N4O. The van der Waals surface area contributed by atoms with Gasteiger partial charge in [0, 0.05) is 19.5 Å². The fourth-order valence-electron chi connectivity index (χ4n) is 4.57. The Bertz CT molecular complexity index is 480. The topological polar surface area (TPSA) is 51.4 Å². The summed E-state index contributed by atoms with van der Waals surface area (Å²) >= 11 is 0. The van der Waals surface area contributed by atoms with Crippen LogP contribution in [0, 0.1) is 0 Å². The third-order valence-electron chi connectivity index (χ3n) is 6.49. The highest BCUT2D eigenvalue weighted by Gasteiger charge is 2.24. The van der Waals surface area contributed by atoms with Crippen molar-refractivity contribution in [1.82, 2.24) is 9.80 Å². The zero-order chi connectivity index (χ0) is 21.3. The summed E-state index contributed by atoms with van der Waals surface area (Å²) in [7, 11) is 0. The first-order valence-electron chi connectivity index (χ1n) is 13.0. The molecule has 0 aromatic heterocycles. The van der Waals surface area contributed by atoms with Crippen LogP contribution in [0.1, 0.15) is 110 Å². The molecule has 174 valence electrons. The van der Waals surface area contributed by atoms with E-state index in [1.54, 1.807) is 0 Å². The molecule has 0 bridgehead atoms. The van der Waals surface area contributed by atoms with Crippen LogP contribution in [0.3, 0.4) is 0 Å². The SMILES string of the molecule is CCCCCCCCCCCCCCCCCC1=NCCN1C(O)CN1C=NCC1. The third-order valence-corrected chi connectivity index (χ3v) is 6.49. The lowest BCUT2D eigenvalue weighted by Crippen LogP contribution is -2.45. The second kappa shape index (κ2) is 16.6. The fraction of sp³-hybridized carbons (Fsp3) is 0.920. The highest BCUT2D eigenvalue weighted by Crippen LogP contribution is 2.16. The molecular weight excluding hydrogens is 372 g/mol. The summed E-state index contributed by atoms with van der Waals surface area (Å²) in [5, 5.41) is 10.5. The lowest BCUT2D eigenvalue weighted by atomic mass is 10.0. The fourth-order valence-corrected chi connectivity index (χ4v) is 4.57. The number of hydrogen-bond acceptors (Lipinski definition) is 5. The normalized spacial score (nSPS) is 17.2. The molecule has 30 heavy (non-hydrogen) atoms. The Morgan fingerprint density at radius 1 is 0.800 bits per heavy atom. The van der Waals surface area contributed by atoms with Gasteiger partial charge >= 0.3 is 0 Å². The Morgan fingerprint density at radius 3 is 1.90 bits per heavy atom. The first-order valence-corrected chi connectivity index (χ1v) is 13.0. The first kappa shape index (κ1) is 25.2. The van der Waals surface area contributed by atoms with E-state index in [1.165, 1.54) is 96.3 Å². The molecule has 0 saturated heterocycles. The maximum absolute atomic E-state index is 10.5. The predicted octanol–water partition coefficient (Wildman–Crippen LogP) is 5.62. The van der Waals surface area contributed by atoms with Crippen molar-refractivity contribution in [1.29, 1.82) is 0 Å². The summed E-state index contributed by atoms with van der Waals surface area (Å²) in [4.78, 5) is 13.1. The van der Waals surface area contributed by atoms with E-state index in [0.717, 1.165) is 38.4 Å². The van der Waals surface area contributed by atoms with Gasteiger partial charge in [0.1, 0.15) is 12.1 Å². The quantitative estimate of drug-likeness (QED) is 0.276. The molecule has 0 fully saturated rings. The maximum Gasteiger partial charge on any atom is 0.145 e. The van der Waals surface area contributed by atoms with E-state index in [2.05, 4.69) is 26.7 Å². The van der Waals surface area contributed by atoms with Gasteiger partial charge in [0.05, 0.1) is 26.0 Å². The molecule has 1 atom stereocenters. The number of rotatable bonds is 19. The second-order valence-electron chi connectivity index (χ2n) is 9.19. The Balaban J connectivity index is 1.37. The highest BCUT2D eigenvalue weighted by atomic mass is 16.3. The number of aliphatic hydroxyl groups is 1. The minimum atomic E-state index is -0.452. The molecule has 5 nitrogen and oxygen atoms in total. The lowest BCUT2D eigenvalue weighted by Gasteiger charge is -2.29. The number of β-amino-alcohol motifs (C(OH)–C–C–N with tert-alkyl or cyclic N) is 1. The average Bonchev–Trinajstić information content (AvgIpc) is 3.43. The summed E-state index contributed by atoms with van der Waals surface area (Å²) < 4.78 is 0. The van der Waals surface area contributed by atoms with Crippen LogP contribution in [0.15, 0.2) is 9.98 Å². The van der Waals surface area contributed by atoms with Gasteiger partial charge in [-0.2, -0.15) is 0 Å². The lowest BCUT2D eigenvalue weighted by molar-refractivity contribution is 0.0425. The van der Waals surface area contributed by atoms with Crippen molar-refractivity contribution in [2.45, 2.75) is 116 Å². The number of aliphatic imine (C=N–C) groups is 2. The molecule has 2 aliphatic rings. The van der Waals surface area contributed by atoms with Gasteiger partial charge in [0.25, 0.3) is 0 Å². The Kier molecular flexibility index (Phi) is 13.9. The van der Waals surface area contributed by atoms with Gasteiger partial charge in [-0.25, -0.2) is 0 Å². The molecule has 1 N–H and O–H groups in total. The van der Waals surface area contributed by atoms with E-state index in [-0.39, 0.29) is 0 Å². The van der Waals surface area contributed by atoms with Gasteiger partial charge in [-0.3, -0.25) is 9.98 Å². The largest absolute Gasteiger partial charge is 0.372 e. The van der Waals surface area contributed by atoms with Gasteiger partial charge in [0.15, 0.2) is 0 Å². The molecule has 1 unspecified atom stereocenters. The first-order chi connectivity index (χ1) is 14.8. The van der Waals surface area contributed by atoms with E-state index in [9.17, 15) is 5.11 Å². The Morgan fingerprint density at radius 2 is 1.37 bits per heavy atom. The standard InChI is InChI=1S/C25H48N4O/c1-2-3-4-5-6-7-8-9-10-11-12-13-14-15-16-17-24-27-19-21-29(24)25(30)22-28-20-18-26-23-28/h23,25,30H,2-22H2,1H3. The van der Waals surface area contributed by atoms with Crippen LogP contribution < -0.4 is 0 Å². The van der Waals surface area contributed by atoms with Crippen molar-refractivity contribution in [2.75, 3.05) is 32.7 Å². The molecule has 0 aromatic rings. The van der Waals surface area contributed by atoms with Gasteiger partial charge in [-0.05, 0) is 6.42 Å². The van der Waals surface area contributed by atoms with E-state index >= 15 is 0 Å². The summed E-state index contributed by atoms with van der Waals surface area (Å²) in [5.41, 5.74) is 0. The van der Waals surface area contributed by atoms with Gasteiger partial charge in [-0.1, -0.05) is 96.8 Å². The third kappa shape index (κ3) is 10.8. The zero-order valence-corrected chi connectivity index (χ0v) is 19.7. The summed E-state index contributed by atoms with van der Waals surface area (Å²) in [6.07, 6.45) is 23.3. The molecule has 0 radical (unpaired) electrons. The Hall–Kier alpha value is -1.10. The van der Waals surface area contributed by atoms with Crippen molar-refractivity contribution in [2.24, 2.45) is 9.98 Å². The molecule has 5 heteroatoms. The van der Waals surface area contributed by atoms with Crippen LogP contribution in [0.4, 0.5) is 0 Å². The molecule has 2 heterocycles. The molecule has 2 rings (SSSR count). The van der Waals surface area contributed by atoms with Crippen LogP contribution in [0.5, 0.6) is 0 Å². The summed E-state index contributed by atoms with van der Waals surface area (Å²) in [6.45, 7) is 6.40. The highest BCUT2D eigenvalue weighted by molar-refractivity contribution is 5.83. The molecule has 0 spiro atoms. The van der Waals surface area contributed by atoms with E-state index < -0.39 is 6.23 Å². The number of nitrogens with zero attached hydrogens (tertiary/aromatic N) is 4. The van der Waals surface area contributed by atoms with Gasteiger partial charge in [0.2, 0.25) is 0 Å². The Labute approximate surface area is 186 Å². The number of hydrogen-bond donors (Lipinski definition) is 1. The van der Waals surface area contributed by atoms with Crippen LogP contribution in [0.25, 0.3) is 0 Å². The maximum atomic E-state index is 10.5. The number of aliphatic hydroxyl groups excluding tert-OH is 1. The second-order valence-corrected chi connectivity index (χ2v) is 9.19. The van der Waals surface area contributed by atoms with Gasteiger partial charge in [-0.15, -0.1) is 0 Å². The number of amidine groups is 1. The van der Waals surface area contributed by atoms with Crippen LogP contribution in [0.2, 0.25) is 0 Å². The van der Waals surface area contributed by atoms with Crippen molar-refractivity contribution >= 4 is 12.2 Å². The van der Waals surface area contributed by atoms with Crippen molar-refractivity contribution < 1.29 is 5.11 Å². The summed E-state index contributed by atoms with van der Waals surface area (Å²) in [5.74, 6) is 1.12. The van der Waals surface area contributed by atoms with E-state index in [0.29, 0.717) is 6.54 Å². The van der Waals surface area contributed by atoms with E-state index in [4.69, 9.17) is 0 Å². The van der Waals surface area contributed by atoms with E-state index in [1.807, 2.05) is 6.34 Å². The van der Waals surface area contributed by atoms with Crippen molar-refractivity contribution in [3.05, 3.63) is 0 Å². The average molecular weight is 421 g/mol. The summed E-state index contributed by atoms with van der Waals surface area (Å²) in [6, 6.07) is 0. The molecule has 0 saturated carbocycles. The van der Waals surface area contributed by atoms with Crippen LogP contribution in [-0.2, 0) is 0 Å². The minimum Gasteiger partial charge on any atom is -0.372 e. The smallest absolute Gasteiger partial charge is 0.145 e. The monoisotopic (exact) mass is 420 g/mol. The van der Waals surface area contributed by atoms with Crippen molar-refractivity contribution in [3.63, 3.8) is 0 Å². The minimum absolute atomic E-state index is 0.452. The predicted molar refractivity (Wildman–Crippen MR) is 129 cm³/mol. The molecule has 0 amide bonds. The van der Waals surface area contributed by atoms with Crippen LogP contribution in [-0.4, -0.2) is 66.0 Å². The van der Waals surface area contributed by atoms with Crippen molar-refractivity contribution in [3.8, 4) is 0 Å². The molecule has 0 aliphatic carbocycles. The molecule has 0 aromatic carbocycles. The number of unbranched alkanes of at least 4 members (excludes halogenated alkanes) is 14.